The van der Waals surface area contributed by atoms with Crippen LogP contribution >= 0.6 is 0 Å². The summed E-state index contributed by atoms with van der Waals surface area (Å²) in [4.78, 5) is 26.6. The normalized spacial score (nSPS) is 23.7. The highest BCUT2D eigenvalue weighted by atomic mass is 19.1. The van der Waals surface area contributed by atoms with Crippen LogP contribution in [0.2, 0.25) is 0 Å². The SMILES string of the molecule is CC(=O)c1c(F)cccc1N1C[C@H](C#N)[C@@]2(C1)C(=O)Nc1ccccc12. The third-order valence-electron chi connectivity index (χ3n) is 5.34. The molecule has 2 atom stereocenters. The number of benzene rings is 2. The fraction of sp³-hybridized carbons (Fsp3) is 0.250. The van der Waals surface area contributed by atoms with Crippen LogP contribution in [0.5, 0.6) is 0 Å². The van der Waals surface area contributed by atoms with Crippen LogP contribution in [-0.2, 0) is 10.2 Å². The lowest BCUT2D eigenvalue weighted by Gasteiger charge is -2.25. The molecule has 0 bridgehead atoms. The molecule has 130 valence electrons. The van der Waals surface area contributed by atoms with Gasteiger partial charge in [0, 0.05) is 18.8 Å². The minimum Gasteiger partial charge on any atom is -0.368 e. The van der Waals surface area contributed by atoms with Crippen molar-refractivity contribution in [3.05, 3.63) is 59.4 Å². The number of anilines is 2. The van der Waals surface area contributed by atoms with Crippen molar-refractivity contribution in [2.24, 2.45) is 5.92 Å². The van der Waals surface area contributed by atoms with Crippen LogP contribution in [0, 0.1) is 23.1 Å². The quantitative estimate of drug-likeness (QED) is 0.846. The van der Waals surface area contributed by atoms with Crippen molar-refractivity contribution in [3.8, 4) is 6.07 Å². The number of carbonyl (C=O) groups is 2. The molecule has 26 heavy (non-hydrogen) atoms. The van der Waals surface area contributed by atoms with Crippen molar-refractivity contribution < 1.29 is 14.0 Å². The first-order valence-electron chi connectivity index (χ1n) is 8.34. The average molecular weight is 349 g/mol. The lowest BCUT2D eigenvalue weighted by Crippen LogP contribution is -2.42. The van der Waals surface area contributed by atoms with Gasteiger partial charge in [0.25, 0.3) is 0 Å². The highest BCUT2D eigenvalue weighted by Crippen LogP contribution is 2.48. The molecule has 2 heterocycles. The second-order valence-electron chi connectivity index (χ2n) is 6.72. The Labute approximate surface area is 150 Å². The van der Waals surface area contributed by atoms with Gasteiger partial charge >= 0.3 is 0 Å². The number of halogens is 1. The molecule has 6 heteroatoms. The summed E-state index contributed by atoms with van der Waals surface area (Å²) < 4.78 is 14.2. The number of Topliss-reactive ketones (excluding diaryl/α,β-unsaturated/α-hetero) is 1. The van der Waals surface area contributed by atoms with Crippen LogP contribution in [0.15, 0.2) is 42.5 Å². The molecule has 0 aliphatic carbocycles. The number of ketones is 1. The molecule has 4 rings (SSSR count). The summed E-state index contributed by atoms with van der Waals surface area (Å²) in [6.45, 7) is 1.78. The van der Waals surface area contributed by atoms with Crippen LogP contribution < -0.4 is 10.2 Å². The number of fused-ring (bicyclic) bond motifs is 2. The van der Waals surface area contributed by atoms with Gasteiger partial charge in [-0.1, -0.05) is 24.3 Å². The first kappa shape index (κ1) is 16.3. The van der Waals surface area contributed by atoms with Gasteiger partial charge in [0.05, 0.1) is 23.2 Å². The molecule has 0 aromatic heterocycles. The zero-order valence-corrected chi connectivity index (χ0v) is 14.1. The average Bonchev–Trinajstić information content (AvgIpc) is 3.14. The van der Waals surface area contributed by atoms with Gasteiger partial charge in [-0.05, 0) is 30.7 Å². The minimum atomic E-state index is -1.02. The minimum absolute atomic E-state index is 0.00655. The zero-order valence-electron chi connectivity index (χ0n) is 14.1. The van der Waals surface area contributed by atoms with E-state index in [-0.39, 0.29) is 30.3 Å². The molecule has 5 nitrogen and oxygen atoms in total. The van der Waals surface area contributed by atoms with Gasteiger partial charge in [-0.2, -0.15) is 5.26 Å². The first-order valence-corrected chi connectivity index (χ1v) is 8.34. The zero-order chi connectivity index (χ0) is 18.5. The monoisotopic (exact) mass is 349 g/mol. The van der Waals surface area contributed by atoms with E-state index in [0.29, 0.717) is 11.4 Å². The molecule has 2 aromatic rings. The van der Waals surface area contributed by atoms with E-state index in [1.807, 2.05) is 24.3 Å². The van der Waals surface area contributed by atoms with E-state index in [4.69, 9.17) is 0 Å². The number of para-hydroxylation sites is 1. The molecule has 2 aliphatic rings. The van der Waals surface area contributed by atoms with Crippen molar-refractivity contribution in [1.29, 1.82) is 5.26 Å². The Balaban J connectivity index is 1.84. The highest BCUT2D eigenvalue weighted by Gasteiger charge is 2.58. The summed E-state index contributed by atoms with van der Waals surface area (Å²) in [5.41, 5.74) is 0.872. The lowest BCUT2D eigenvalue weighted by atomic mass is 9.74. The Morgan fingerprint density at radius 3 is 2.81 bits per heavy atom. The van der Waals surface area contributed by atoms with Gasteiger partial charge in [0.15, 0.2) is 5.78 Å². The van der Waals surface area contributed by atoms with Gasteiger partial charge in [-0.25, -0.2) is 4.39 Å². The van der Waals surface area contributed by atoms with E-state index in [1.54, 1.807) is 11.0 Å². The van der Waals surface area contributed by atoms with Crippen molar-refractivity contribution in [3.63, 3.8) is 0 Å². The Morgan fingerprint density at radius 1 is 1.31 bits per heavy atom. The van der Waals surface area contributed by atoms with E-state index in [0.717, 1.165) is 5.56 Å². The number of amides is 1. The molecule has 1 N–H and O–H groups in total. The van der Waals surface area contributed by atoms with Crippen LogP contribution in [-0.4, -0.2) is 24.8 Å². The van der Waals surface area contributed by atoms with E-state index < -0.39 is 17.2 Å². The predicted molar refractivity (Wildman–Crippen MR) is 94.5 cm³/mol. The second-order valence-corrected chi connectivity index (χ2v) is 6.72. The largest absolute Gasteiger partial charge is 0.368 e. The predicted octanol–water partition coefficient (Wildman–Crippen LogP) is 2.88. The summed E-state index contributed by atoms with van der Waals surface area (Å²) >= 11 is 0. The Kier molecular flexibility index (Phi) is 3.55. The smallest absolute Gasteiger partial charge is 0.238 e. The van der Waals surface area contributed by atoms with Crippen molar-refractivity contribution in [2.45, 2.75) is 12.3 Å². The Hall–Kier alpha value is -3.20. The number of rotatable bonds is 2. The number of nitriles is 1. The maximum atomic E-state index is 14.2. The molecule has 1 amide bonds. The Bertz CT molecular complexity index is 981. The van der Waals surface area contributed by atoms with E-state index in [1.165, 1.54) is 19.1 Å². The Morgan fingerprint density at radius 2 is 2.08 bits per heavy atom. The van der Waals surface area contributed by atoms with Crippen LogP contribution in [0.3, 0.4) is 0 Å². The topological polar surface area (TPSA) is 73.2 Å². The number of hydrogen-bond donors (Lipinski definition) is 1. The van der Waals surface area contributed by atoms with Crippen molar-refractivity contribution in [1.82, 2.24) is 0 Å². The summed E-state index contributed by atoms with van der Waals surface area (Å²) in [7, 11) is 0. The summed E-state index contributed by atoms with van der Waals surface area (Å²) in [6, 6.07) is 14.0. The van der Waals surface area contributed by atoms with Gasteiger partial charge in [-0.15, -0.1) is 0 Å². The third kappa shape index (κ3) is 2.07. The number of carbonyl (C=O) groups excluding carboxylic acids is 2. The molecule has 1 spiro atoms. The van der Waals surface area contributed by atoms with Gasteiger partial charge in [0.2, 0.25) is 5.91 Å². The molecule has 2 aliphatic heterocycles. The van der Waals surface area contributed by atoms with E-state index in [9.17, 15) is 19.2 Å². The number of nitrogens with one attached hydrogen (secondary N) is 1. The maximum Gasteiger partial charge on any atom is 0.238 e. The van der Waals surface area contributed by atoms with Crippen LogP contribution in [0.4, 0.5) is 15.8 Å². The van der Waals surface area contributed by atoms with Crippen molar-refractivity contribution >= 4 is 23.1 Å². The molecule has 0 saturated carbocycles. The van der Waals surface area contributed by atoms with E-state index in [2.05, 4.69) is 11.4 Å². The van der Waals surface area contributed by atoms with E-state index >= 15 is 0 Å². The van der Waals surface area contributed by atoms with Gasteiger partial charge in [0.1, 0.15) is 11.2 Å². The van der Waals surface area contributed by atoms with Gasteiger partial charge in [-0.3, -0.25) is 9.59 Å². The first-order chi connectivity index (χ1) is 12.5. The maximum absolute atomic E-state index is 14.2. The molecule has 2 aromatic carbocycles. The second kappa shape index (κ2) is 5.67. The summed E-state index contributed by atoms with van der Waals surface area (Å²) in [5.74, 6) is -1.81. The molecule has 0 radical (unpaired) electrons. The van der Waals surface area contributed by atoms with Crippen LogP contribution in [0.25, 0.3) is 0 Å². The van der Waals surface area contributed by atoms with Crippen molar-refractivity contribution in [2.75, 3.05) is 23.3 Å². The molecular formula is C20H16FN3O2. The fourth-order valence-corrected chi connectivity index (χ4v) is 4.15. The highest BCUT2D eigenvalue weighted by molar-refractivity contribution is 6.08. The number of nitrogens with zero attached hydrogens (tertiary/aromatic N) is 2. The number of hydrogen-bond acceptors (Lipinski definition) is 4. The summed E-state index contributed by atoms with van der Waals surface area (Å²) in [5, 5.41) is 12.6. The molecule has 1 fully saturated rings. The fourth-order valence-electron chi connectivity index (χ4n) is 4.15. The third-order valence-corrected chi connectivity index (χ3v) is 5.34. The lowest BCUT2D eigenvalue weighted by molar-refractivity contribution is -0.120. The molecule has 0 unspecified atom stereocenters. The molecule has 1 saturated heterocycles. The standard InChI is InChI=1S/C20H16FN3O2/c1-12(25)18-15(21)6-4-8-17(18)24-10-13(9-22)20(11-24)14-5-2-3-7-16(14)23-19(20)26/h2-8,13H,10-11H2,1H3,(H,23,26)/t13-,20+/m0/s1. The van der Waals surface area contributed by atoms with Gasteiger partial charge < -0.3 is 10.2 Å². The van der Waals surface area contributed by atoms with Crippen LogP contribution in [0.1, 0.15) is 22.8 Å². The molecular weight excluding hydrogens is 333 g/mol. The summed E-state index contributed by atoms with van der Waals surface area (Å²) in [6.07, 6.45) is 0.